The minimum atomic E-state index is -0.981. The highest BCUT2D eigenvalue weighted by molar-refractivity contribution is 5.96. The molecular weight excluding hydrogens is 520 g/mol. The number of carboxylic acid groups (broad SMARTS) is 1. The van der Waals surface area contributed by atoms with Crippen LogP contribution in [-0.2, 0) is 19.2 Å². The van der Waals surface area contributed by atoms with E-state index in [1.807, 2.05) is 13.8 Å². The molecule has 3 N–H and O–H groups in total. The van der Waals surface area contributed by atoms with E-state index in [1.165, 1.54) is 5.57 Å². The number of hydrogen-bond acceptors (Lipinski definition) is 6. The Labute approximate surface area is 244 Å². The summed E-state index contributed by atoms with van der Waals surface area (Å²) in [5.74, 6) is 3.14. The molecule has 0 aromatic rings. The number of carbonyl (C=O) groups is 2. The van der Waals surface area contributed by atoms with Gasteiger partial charge in [-0.25, -0.2) is 0 Å². The van der Waals surface area contributed by atoms with Crippen molar-refractivity contribution in [3.8, 4) is 12.3 Å². The number of ether oxygens (including phenoxy) is 1. The summed E-state index contributed by atoms with van der Waals surface area (Å²) in [6.45, 7) is 8.93. The zero-order valence-electron chi connectivity index (χ0n) is 25.2. The highest BCUT2D eigenvalue weighted by atomic mass is 16.6. The van der Waals surface area contributed by atoms with E-state index in [4.69, 9.17) is 16.0 Å². The number of amides is 1. The first-order valence-electron chi connectivity index (χ1n) is 15.6. The molecule has 1 heterocycles. The van der Waals surface area contributed by atoms with Crippen LogP contribution in [0.15, 0.2) is 16.8 Å². The van der Waals surface area contributed by atoms with Gasteiger partial charge < -0.3 is 25.1 Å². The maximum absolute atomic E-state index is 12.7. The molecule has 3 saturated carbocycles. The van der Waals surface area contributed by atoms with Crippen LogP contribution in [-0.4, -0.2) is 58.3 Å². The van der Waals surface area contributed by atoms with Crippen molar-refractivity contribution in [2.75, 3.05) is 13.2 Å². The van der Waals surface area contributed by atoms with Crippen LogP contribution in [0.3, 0.4) is 0 Å². The third kappa shape index (κ3) is 5.57. The Hall–Kier alpha value is -2.37. The fraction of sp³-hybridized carbons (Fsp3) is 0.788. The predicted octanol–water partition coefficient (Wildman–Crippen LogP) is 4.85. The van der Waals surface area contributed by atoms with E-state index in [2.05, 4.69) is 36.3 Å². The van der Waals surface area contributed by atoms with E-state index in [1.54, 1.807) is 0 Å². The van der Waals surface area contributed by atoms with E-state index >= 15 is 0 Å². The lowest BCUT2D eigenvalue weighted by atomic mass is 9.46. The van der Waals surface area contributed by atoms with Crippen LogP contribution in [0.5, 0.6) is 0 Å². The third-order valence-electron chi connectivity index (χ3n) is 11.8. The summed E-state index contributed by atoms with van der Waals surface area (Å²) < 4.78 is 5.77. The number of nitrogens with one attached hydrogen (secondary N) is 1. The van der Waals surface area contributed by atoms with Crippen LogP contribution in [0, 0.1) is 46.8 Å². The molecule has 5 rings (SSSR count). The van der Waals surface area contributed by atoms with Gasteiger partial charge in [-0.05, 0) is 113 Å². The van der Waals surface area contributed by atoms with Gasteiger partial charge in [0.1, 0.15) is 5.60 Å². The van der Waals surface area contributed by atoms with Gasteiger partial charge in [0, 0.05) is 18.1 Å². The van der Waals surface area contributed by atoms with Gasteiger partial charge >= 0.3 is 5.97 Å². The molecular formula is C33H48N2O6. The lowest BCUT2D eigenvalue weighted by Gasteiger charge is -2.58. The average Bonchev–Trinajstić information content (AvgIpc) is 3.18. The first-order chi connectivity index (χ1) is 19.3. The highest BCUT2D eigenvalue weighted by Crippen LogP contribution is 2.67. The first kappa shape index (κ1) is 30.1. The Morgan fingerprint density at radius 1 is 1.15 bits per heavy atom. The van der Waals surface area contributed by atoms with Crippen molar-refractivity contribution >= 4 is 17.6 Å². The fourth-order valence-corrected chi connectivity index (χ4v) is 9.46. The van der Waals surface area contributed by atoms with E-state index in [-0.39, 0.29) is 41.3 Å². The van der Waals surface area contributed by atoms with Crippen molar-refractivity contribution in [3.05, 3.63) is 11.6 Å². The molecule has 1 aliphatic heterocycles. The minimum Gasteiger partial charge on any atom is -0.481 e. The molecule has 226 valence electrons. The Bertz CT molecular complexity index is 1150. The zero-order valence-corrected chi connectivity index (χ0v) is 25.2. The molecule has 0 aromatic heterocycles. The number of oxime groups is 1. The molecule has 8 nitrogen and oxygen atoms in total. The number of terminal acetylenes is 1. The van der Waals surface area contributed by atoms with Crippen molar-refractivity contribution in [1.29, 1.82) is 0 Å². The number of allylic oxidation sites excluding steroid dienone is 2. The van der Waals surface area contributed by atoms with Crippen LogP contribution in [0.1, 0.15) is 98.3 Å². The number of aliphatic carboxylic acids is 1. The van der Waals surface area contributed by atoms with Gasteiger partial charge in [-0.2, -0.15) is 0 Å². The summed E-state index contributed by atoms with van der Waals surface area (Å²) in [4.78, 5) is 29.7. The van der Waals surface area contributed by atoms with Crippen LogP contribution >= 0.6 is 0 Å². The molecule has 8 atom stereocenters. The summed E-state index contributed by atoms with van der Waals surface area (Å²) in [6.07, 6.45) is 17.0. The quantitative estimate of drug-likeness (QED) is 0.299. The number of hydrogen-bond donors (Lipinski definition) is 3. The van der Waals surface area contributed by atoms with E-state index < -0.39 is 17.6 Å². The van der Waals surface area contributed by atoms with Crippen LogP contribution in [0.4, 0.5) is 0 Å². The van der Waals surface area contributed by atoms with Crippen molar-refractivity contribution in [2.45, 2.75) is 116 Å². The standard InChI is InChI=1S/C33H48N2O6/c1-6-33(39)15-11-26-24-8-7-22-17-23(9-13-31(22,4)25(24)10-14-32(26,33)5)35-41-20-28(36)34-27(18-29(37)38)21-12-16-40-30(2,3)19-21/h1,17,21,24-27,39H,7-16,18-20H2,2-5H3,(H,34,36)(H,37,38)/b35-23+/t21-,24+,25-,26+,27-,31-,32-,33-/m0/s1. The van der Waals surface area contributed by atoms with Gasteiger partial charge in [0.25, 0.3) is 5.91 Å². The smallest absolute Gasteiger partial charge is 0.305 e. The summed E-state index contributed by atoms with van der Waals surface area (Å²) >= 11 is 0. The van der Waals surface area contributed by atoms with Gasteiger partial charge in [0.2, 0.25) is 0 Å². The Morgan fingerprint density at radius 2 is 1.90 bits per heavy atom. The molecule has 5 aliphatic rings. The number of nitrogens with zero attached hydrogens (tertiary/aromatic N) is 1. The Kier molecular flexibility index (Phi) is 8.10. The molecule has 0 aromatic carbocycles. The van der Waals surface area contributed by atoms with Crippen molar-refractivity contribution in [1.82, 2.24) is 5.32 Å². The highest BCUT2D eigenvalue weighted by Gasteiger charge is 2.63. The van der Waals surface area contributed by atoms with Gasteiger partial charge in [-0.15, -0.1) is 6.42 Å². The molecule has 1 amide bonds. The number of rotatable bonds is 7. The lowest BCUT2D eigenvalue weighted by molar-refractivity contribution is -0.139. The van der Waals surface area contributed by atoms with Crippen LogP contribution < -0.4 is 5.32 Å². The number of fused-ring (bicyclic) bond motifs is 5. The van der Waals surface area contributed by atoms with E-state index in [9.17, 15) is 19.8 Å². The second kappa shape index (κ2) is 11.0. The summed E-state index contributed by atoms with van der Waals surface area (Å²) in [5, 5.41) is 27.9. The van der Waals surface area contributed by atoms with Crippen molar-refractivity contribution in [3.63, 3.8) is 0 Å². The van der Waals surface area contributed by atoms with Gasteiger partial charge in [0.15, 0.2) is 6.61 Å². The molecule has 8 heteroatoms. The average molecular weight is 569 g/mol. The lowest BCUT2D eigenvalue weighted by Crippen LogP contribution is -2.54. The van der Waals surface area contributed by atoms with Crippen LogP contribution in [0.25, 0.3) is 0 Å². The molecule has 1 saturated heterocycles. The summed E-state index contributed by atoms with van der Waals surface area (Å²) in [7, 11) is 0. The fourth-order valence-electron chi connectivity index (χ4n) is 9.46. The molecule has 0 spiro atoms. The number of carbonyl (C=O) groups excluding carboxylic acids is 1. The molecule has 4 fully saturated rings. The maximum Gasteiger partial charge on any atom is 0.305 e. The van der Waals surface area contributed by atoms with Gasteiger partial charge in [-0.1, -0.05) is 30.5 Å². The topological polar surface area (TPSA) is 117 Å². The molecule has 0 unspecified atom stereocenters. The summed E-state index contributed by atoms with van der Waals surface area (Å²) in [6, 6.07) is -0.471. The summed E-state index contributed by atoms with van der Waals surface area (Å²) in [5.41, 5.74) is 0.883. The minimum absolute atomic E-state index is 0.0308. The molecule has 0 bridgehead atoms. The first-order valence-corrected chi connectivity index (χ1v) is 15.6. The molecule has 4 aliphatic carbocycles. The molecule has 0 radical (unpaired) electrons. The Balaban J connectivity index is 1.19. The van der Waals surface area contributed by atoms with E-state index in [0.717, 1.165) is 50.7 Å². The SMILES string of the molecule is C#C[C@]1(O)CC[C@@H]2[C@@H]3CCC4=C/C(=N/OCC(=O)N[C@@H](CC(=O)O)[C@H]5CCOC(C)(C)C5)CC[C@]4(C)[C@H]3CC[C@@]21C. The second-order valence-corrected chi connectivity index (χ2v) is 14.5. The zero-order chi connectivity index (χ0) is 29.6. The van der Waals surface area contributed by atoms with Gasteiger partial charge in [-0.3, -0.25) is 9.59 Å². The van der Waals surface area contributed by atoms with Crippen molar-refractivity contribution < 1.29 is 29.4 Å². The third-order valence-corrected chi connectivity index (χ3v) is 11.8. The maximum atomic E-state index is 12.7. The van der Waals surface area contributed by atoms with Crippen molar-refractivity contribution in [2.24, 2.45) is 39.7 Å². The van der Waals surface area contributed by atoms with Gasteiger partial charge in [0.05, 0.1) is 17.7 Å². The largest absolute Gasteiger partial charge is 0.481 e. The monoisotopic (exact) mass is 568 g/mol. The van der Waals surface area contributed by atoms with Crippen LogP contribution in [0.2, 0.25) is 0 Å². The normalized spacial score (nSPS) is 41.2. The molecule has 41 heavy (non-hydrogen) atoms. The van der Waals surface area contributed by atoms with E-state index in [0.29, 0.717) is 43.6 Å². The number of aliphatic hydroxyl groups is 1. The second-order valence-electron chi connectivity index (χ2n) is 14.5. The Morgan fingerprint density at radius 3 is 2.61 bits per heavy atom. The number of carboxylic acids is 1. The predicted molar refractivity (Wildman–Crippen MR) is 156 cm³/mol.